The van der Waals surface area contributed by atoms with Gasteiger partial charge in [-0.15, -0.1) is 0 Å². The molecule has 0 aromatic heterocycles. The molecule has 1 rings (SSSR count). The van der Waals surface area contributed by atoms with Crippen molar-refractivity contribution in [3.8, 4) is 0 Å². The summed E-state index contributed by atoms with van der Waals surface area (Å²) in [5, 5.41) is 0.868. The van der Waals surface area contributed by atoms with Gasteiger partial charge in [0.1, 0.15) is 0 Å². The van der Waals surface area contributed by atoms with E-state index in [4.69, 9.17) is 0 Å². The number of aliphatic imine (C=N–C) groups is 1. The van der Waals surface area contributed by atoms with Crippen LogP contribution in [0, 0.1) is 0 Å². The number of carbonyl (C=O) groups is 1. The summed E-state index contributed by atoms with van der Waals surface area (Å²) in [6.45, 7) is 8.42. The first-order valence-electron chi connectivity index (χ1n) is 5.35. The zero-order valence-electron chi connectivity index (χ0n) is 9.69. The van der Waals surface area contributed by atoms with E-state index in [2.05, 4.69) is 28.6 Å². The Morgan fingerprint density at radius 1 is 1.33 bits per heavy atom. The average Bonchev–Trinajstić information content (AvgIpc) is 2.66. The quantitative estimate of drug-likeness (QED) is 0.701. The molecule has 0 fully saturated rings. The minimum Gasteiger partial charge on any atom is -0.353 e. The van der Waals surface area contributed by atoms with Gasteiger partial charge in [0.15, 0.2) is 5.17 Å². The Labute approximate surface area is 95.7 Å². The molecule has 0 aliphatic carbocycles. The van der Waals surface area contributed by atoms with Crippen LogP contribution in [0.4, 0.5) is 0 Å². The van der Waals surface area contributed by atoms with Gasteiger partial charge in [0.2, 0.25) is 0 Å². The van der Waals surface area contributed by atoms with Gasteiger partial charge in [-0.1, -0.05) is 25.6 Å². The summed E-state index contributed by atoms with van der Waals surface area (Å²) >= 11 is 1.53. The molecule has 0 aromatic carbocycles. The molecule has 0 aromatic rings. The van der Waals surface area contributed by atoms with E-state index in [1.165, 1.54) is 11.8 Å². The highest BCUT2D eigenvalue weighted by Gasteiger charge is 2.18. The van der Waals surface area contributed by atoms with E-state index in [-0.39, 0.29) is 5.91 Å². The van der Waals surface area contributed by atoms with Crippen LogP contribution >= 0.6 is 11.8 Å². The lowest BCUT2D eigenvalue weighted by Gasteiger charge is -2.23. The van der Waals surface area contributed by atoms with Crippen molar-refractivity contribution in [3.05, 3.63) is 0 Å². The Morgan fingerprint density at radius 3 is 2.47 bits per heavy atom. The number of nitrogens with zero attached hydrogens (tertiary/aromatic N) is 3. The van der Waals surface area contributed by atoms with Crippen LogP contribution < -0.4 is 0 Å². The SMILES string of the molecule is CCN(CC)CCN(C)C1=NC(=O)CS1. The van der Waals surface area contributed by atoms with Crippen molar-refractivity contribution in [1.82, 2.24) is 9.80 Å². The van der Waals surface area contributed by atoms with Gasteiger partial charge in [-0.05, 0) is 13.1 Å². The van der Waals surface area contributed by atoms with Gasteiger partial charge in [-0.2, -0.15) is 4.99 Å². The summed E-state index contributed by atoms with van der Waals surface area (Å²) in [5.41, 5.74) is 0. The molecule has 5 heteroatoms. The second-order valence-corrected chi connectivity index (χ2v) is 4.47. The lowest BCUT2D eigenvalue weighted by molar-refractivity contribution is -0.115. The zero-order chi connectivity index (χ0) is 11.3. The van der Waals surface area contributed by atoms with Crippen LogP contribution in [0.3, 0.4) is 0 Å². The van der Waals surface area contributed by atoms with Crippen molar-refractivity contribution in [3.63, 3.8) is 0 Å². The monoisotopic (exact) mass is 229 g/mol. The molecule has 15 heavy (non-hydrogen) atoms. The maximum atomic E-state index is 11.0. The normalized spacial score (nSPS) is 16.0. The highest BCUT2D eigenvalue weighted by Crippen LogP contribution is 2.15. The number of hydrogen-bond donors (Lipinski definition) is 0. The summed E-state index contributed by atoms with van der Waals surface area (Å²) in [4.78, 5) is 19.4. The number of thioether (sulfide) groups is 1. The lowest BCUT2D eigenvalue weighted by Crippen LogP contribution is -2.34. The topological polar surface area (TPSA) is 35.9 Å². The Hall–Kier alpha value is -0.550. The third kappa shape index (κ3) is 3.83. The number of amides is 1. The molecule has 0 saturated carbocycles. The fourth-order valence-corrected chi connectivity index (χ4v) is 2.22. The predicted octanol–water partition coefficient (Wildman–Crippen LogP) is 0.889. The van der Waals surface area contributed by atoms with E-state index < -0.39 is 0 Å². The molecular formula is C10H19N3OS. The minimum atomic E-state index is -0.00955. The van der Waals surface area contributed by atoms with Crippen molar-refractivity contribution in [1.29, 1.82) is 0 Å². The van der Waals surface area contributed by atoms with Crippen molar-refractivity contribution in [2.24, 2.45) is 4.99 Å². The number of likely N-dealkylation sites (N-methyl/N-ethyl adjacent to an activating group) is 2. The summed E-state index contributed by atoms with van der Waals surface area (Å²) in [6, 6.07) is 0. The van der Waals surface area contributed by atoms with Crippen LogP contribution in [0.2, 0.25) is 0 Å². The van der Waals surface area contributed by atoms with Crippen LogP contribution in [0.5, 0.6) is 0 Å². The van der Waals surface area contributed by atoms with Gasteiger partial charge < -0.3 is 9.80 Å². The Kier molecular flexibility index (Phi) is 5.11. The highest BCUT2D eigenvalue weighted by molar-refractivity contribution is 8.14. The highest BCUT2D eigenvalue weighted by atomic mass is 32.2. The first-order valence-corrected chi connectivity index (χ1v) is 6.33. The fourth-order valence-electron chi connectivity index (χ4n) is 1.42. The van der Waals surface area contributed by atoms with Crippen molar-refractivity contribution in [2.75, 3.05) is 39.0 Å². The second-order valence-electron chi connectivity index (χ2n) is 3.53. The molecule has 0 N–H and O–H groups in total. The molecule has 1 heterocycles. The Balaban J connectivity index is 2.32. The molecule has 1 amide bonds. The Morgan fingerprint density at radius 2 is 2.00 bits per heavy atom. The third-order valence-corrected chi connectivity index (χ3v) is 3.57. The standard InChI is InChI=1S/C10H19N3OS/c1-4-13(5-2)7-6-12(3)10-11-9(14)8-15-10/h4-8H2,1-3H3. The van der Waals surface area contributed by atoms with Crippen LogP contribution in [0.15, 0.2) is 4.99 Å². The van der Waals surface area contributed by atoms with E-state index in [0.29, 0.717) is 5.75 Å². The molecule has 1 aliphatic heterocycles. The van der Waals surface area contributed by atoms with Crippen molar-refractivity contribution < 1.29 is 4.79 Å². The molecule has 0 saturated heterocycles. The third-order valence-electron chi connectivity index (χ3n) is 2.52. The maximum Gasteiger partial charge on any atom is 0.258 e. The van der Waals surface area contributed by atoms with Crippen LogP contribution in [0.1, 0.15) is 13.8 Å². The van der Waals surface area contributed by atoms with E-state index in [1.54, 1.807) is 0 Å². The molecule has 1 aliphatic rings. The van der Waals surface area contributed by atoms with E-state index in [0.717, 1.165) is 31.3 Å². The maximum absolute atomic E-state index is 11.0. The largest absolute Gasteiger partial charge is 0.353 e. The zero-order valence-corrected chi connectivity index (χ0v) is 10.5. The molecule has 0 atom stereocenters. The lowest BCUT2D eigenvalue weighted by atomic mass is 10.4. The first kappa shape index (κ1) is 12.5. The number of hydrogen-bond acceptors (Lipinski definition) is 4. The van der Waals surface area contributed by atoms with Gasteiger partial charge in [-0.25, -0.2) is 0 Å². The molecule has 0 spiro atoms. The molecule has 86 valence electrons. The predicted molar refractivity (Wildman–Crippen MR) is 65.3 cm³/mol. The van der Waals surface area contributed by atoms with Crippen molar-refractivity contribution >= 4 is 22.8 Å². The van der Waals surface area contributed by atoms with E-state index in [1.807, 2.05) is 7.05 Å². The summed E-state index contributed by atoms with van der Waals surface area (Å²) in [7, 11) is 1.99. The number of rotatable bonds is 5. The van der Waals surface area contributed by atoms with E-state index in [9.17, 15) is 4.79 Å². The van der Waals surface area contributed by atoms with Crippen LogP contribution in [-0.4, -0.2) is 59.9 Å². The number of amidine groups is 1. The molecular weight excluding hydrogens is 210 g/mol. The van der Waals surface area contributed by atoms with Crippen LogP contribution in [-0.2, 0) is 4.79 Å². The van der Waals surface area contributed by atoms with Gasteiger partial charge in [0.25, 0.3) is 5.91 Å². The summed E-state index contributed by atoms with van der Waals surface area (Å²) < 4.78 is 0. The average molecular weight is 229 g/mol. The summed E-state index contributed by atoms with van der Waals surface area (Å²) in [5.74, 6) is 0.495. The molecule has 0 bridgehead atoms. The molecule has 0 unspecified atom stereocenters. The molecule has 4 nitrogen and oxygen atoms in total. The Bertz CT molecular complexity index is 251. The van der Waals surface area contributed by atoms with Crippen LogP contribution in [0.25, 0.3) is 0 Å². The minimum absolute atomic E-state index is 0.00955. The smallest absolute Gasteiger partial charge is 0.258 e. The first-order chi connectivity index (χ1) is 7.17. The molecule has 0 radical (unpaired) electrons. The van der Waals surface area contributed by atoms with Gasteiger partial charge >= 0.3 is 0 Å². The second kappa shape index (κ2) is 6.12. The number of carbonyl (C=O) groups excluding carboxylic acids is 1. The van der Waals surface area contributed by atoms with Gasteiger partial charge in [0, 0.05) is 20.1 Å². The fraction of sp³-hybridized carbons (Fsp3) is 0.800. The van der Waals surface area contributed by atoms with Crippen molar-refractivity contribution in [2.45, 2.75) is 13.8 Å². The van der Waals surface area contributed by atoms with E-state index >= 15 is 0 Å². The van der Waals surface area contributed by atoms with Gasteiger partial charge in [0.05, 0.1) is 5.75 Å². The summed E-state index contributed by atoms with van der Waals surface area (Å²) in [6.07, 6.45) is 0. The van der Waals surface area contributed by atoms with Gasteiger partial charge in [-0.3, -0.25) is 4.79 Å².